The highest BCUT2D eigenvalue weighted by molar-refractivity contribution is 5.95. The number of aryl methyl sites for hydroxylation is 2. The Balaban J connectivity index is 1.22. The van der Waals surface area contributed by atoms with Crippen molar-refractivity contribution in [1.82, 2.24) is 25.8 Å². The van der Waals surface area contributed by atoms with Gasteiger partial charge in [0.15, 0.2) is 6.29 Å². The molecule has 3 heterocycles. The van der Waals surface area contributed by atoms with Crippen molar-refractivity contribution in [1.29, 1.82) is 0 Å². The lowest BCUT2D eigenvalue weighted by Gasteiger charge is -2.37. The number of carbonyl (C=O) groups excluding carboxylic acids is 2. The van der Waals surface area contributed by atoms with Crippen LogP contribution in [0.4, 0.5) is 11.5 Å². The summed E-state index contributed by atoms with van der Waals surface area (Å²) in [6.45, 7) is 4.43. The lowest BCUT2D eigenvalue weighted by molar-refractivity contribution is -0.129. The van der Waals surface area contributed by atoms with E-state index >= 15 is 0 Å². The Morgan fingerprint density at radius 2 is 1.84 bits per heavy atom. The van der Waals surface area contributed by atoms with E-state index in [1.165, 1.54) is 5.56 Å². The molecule has 2 amide bonds. The van der Waals surface area contributed by atoms with Crippen LogP contribution in [0, 0.1) is 19.8 Å². The highest BCUT2D eigenvalue weighted by atomic mass is 16.2. The number of benzene rings is 3. The van der Waals surface area contributed by atoms with Gasteiger partial charge >= 0.3 is 0 Å². The van der Waals surface area contributed by atoms with Crippen LogP contribution in [0.3, 0.4) is 0 Å². The number of carbonyl (C=O) groups is 2. The van der Waals surface area contributed by atoms with Crippen LogP contribution in [0.15, 0.2) is 72.8 Å². The number of fused-ring (bicyclic) bond motifs is 2. The van der Waals surface area contributed by atoms with E-state index in [0.29, 0.717) is 12.4 Å². The maximum absolute atomic E-state index is 13.1. The second-order valence-electron chi connectivity index (χ2n) is 9.68. The summed E-state index contributed by atoms with van der Waals surface area (Å²) in [5, 5.41) is 18.3. The number of nitrogens with one attached hydrogen (secondary N) is 4. The van der Waals surface area contributed by atoms with Crippen LogP contribution in [0.5, 0.6) is 0 Å². The zero-order valence-electron chi connectivity index (χ0n) is 20.7. The van der Waals surface area contributed by atoms with Gasteiger partial charge < -0.3 is 10.6 Å². The molecule has 3 aromatic carbocycles. The Morgan fingerprint density at radius 1 is 1.05 bits per heavy atom. The molecule has 0 aliphatic carbocycles. The van der Waals surface area contributed by atoms with Crippen LogP contribution >= 0.6 is 0 Å². The molecule has 1 aromatic heterocycles. The highest BCUT2D eigenvalue weighted by Crippen LogP contribution is 2.28. The summed E-state index contributed by atoms with van der Waals surface area (Å²) >= 11 is 0. The lowest BCUT2D eigenvalue weighted by Crippen LogP contribution is -2.61. The molecule has 188 valence electrons. The van der Waals surface area contributed by atoms with Gasteiger partial charge in [-0.1, -0.05) is 60.2 Å². The topological polar surface area (TPSA) is 103 Å². The van der Waals surface area contributed by atoms with Gasteiger partial charge in [-0.15, -0.1) is 0 Å². The monoisotopic (exact) mass is 495 g/mol. The number of nitrogens with zero attached hydrogens (tertiary/aromatic N) is 3. The molecule has 0 spiro atoms. The summed E-state index contributed by atoms with van der Waals surface area (Å²) < 4.78 is 1.64. The maximum atomic E-state index is 13.1. The summed E-state index contributed by atoms with van der Waals surface area (Å²) in [6.07, 6.45) is -0.667. The van der Waals surface area contributed by atoms with Gasteiger partial charge in [-0.2, -0.15) is 5.10 Å². The number of hydrazine groups is 1. The molecule has 9 nitrogen and oxygen atoms in total. The first-order chi connectivity index (χ1) is 18.0. The Labute approximate surface area is 214 Å². The smallest absolute Gasteiger partial charge is 0.230 e. The van der Waals surface area contributed by atoms with E-state index in [2.05, 4.69) is 26.5 Å². The molecule has 4 N–H and O–H groups in total. The SMILES string of the molecule is Cc1ccc(N2NCC3C(=O)NC(n4nc(C)cc4NC(=O)Cc4cccc5ccccc45)NC32)cc1. The first-order valence-corrected chi connectivity index (χ1v) is 12.4. The second-order valence-corrected chi connectivity index (χ2v) is 9.68. The molecule has 2 aliphatic rings. The Hall–Kier alpha value is -4.21. The molecule has 3 unspecified atom stereocenters. The second kappa shape index (κ2) is 9.34. The van der Waals surface area contributed by atoms with Gasteiger partial charge in [-0.25, -0.2) is 10.1 Å². The first kappa shape index (κ1) is 23.2. The number of anilines is 2. The lowest BCUT2D eigenvalue weighted by atomic mass is 10.0. The number of rotatable bonds is 5. The van der Waals surface area contributed by atoms with E-state index in [1.807, 2.05) is 91.7 Å². The summed E-state index contributed by atoms with van der Waals surface area (Å²) in [4.78, 5) is 26.2. The molecular weight excluding hydrogens is 466 g/mol. The fraction of sp³-hybridized carbons (Fsp3) is 0.250. The van der Waals surface area contributed by atoms with Crippen LogP contribution in [-0.2, 0) is 16.0 Å². The molecule has 37 heavy (non-hydrogen) atoms. The van der Waals surface area contributed by atoms with E-state index < -0.39 is 6.29 Å². The van der Waals surface area contributed by atoms with E-state index in [4.69, 9.17) is 0 Å². The van der Waals surface area contributed by atoms with Gasteiger partial charge in [0, 0.05) is 12.6 Å². The third-order valence-corrected chi connectivity index (χ3v) is 7.00. The van der Waals surface area contributed by atoms with Crippen LogP contribution in [-0.4, -0.2) is 34.3 Å². The van der Waals surface area contributed by atoms with Crippen LogP contribution in [0.25, 0.3) is 10.8 Å². The molecule has 0 saturated carbocycles. The summed E-state index contributed by atoms with van der Waals surface area (Å²) in [6, 6.07) is 24.0. The number of hydrogen-bond acceptors (Lipinski definition) is 6. The molecule has 4 aromatic rings. The average Bonchev–Trinajstić information content (AvgIpc) is 3.48. The fourth-order valence-corrected chi connectivity index (χ4v) is 5.16. The Bertz CT molecular complexity index is 1470. The van der Waals surface area contributed by atoms with Gasteiger partial charge in [0.05, 0.1) is 23.7 Å². The predicted molar refractivity (Wildman–Crippen MR) is 142 cm³/mol. The minimum Gasteiger partial charge on any atom is -0.321 e. The van der Waals surface area contributed by atoms with E-state index in [1.54, 1.807) is 4.68 Å². The van der Waals surface area contributed by atoms with Gasteiger partial charge in [0.25, 0.3) is 0 Å². The molecule has 6 rings (SSSR count). The molecular formula is C28H29N7O2. The average molecular weight is 496 g/mol. The molecule has 3 atom stereocenters. The van der Waals surface area contributed by atoms with Crippen molar-refractivity contribution in [3.63, 3.8) is 0 Å². The summed E-state index contributed by atoms with van der Waals surface area (Å²) in [7, 11) is 0. The molecule has 9 heteroatoms. The van der Waals surface area contributed by atoms with Crippen LogP contribution < -0.4 is 26.4 Å². The number of amides is 2. The van der Waals surface area contributed by atoms with Crippen molar-refractivity contribution in [3.8, 4) is 0 Å². The van der Waals surface area contributed by atoms with Crippen LogP contribution in [0.1, 0.15) is 23.1 Å². The largest absolute Gasteiger partial charge is 0.321 e. The molecule has 2 saturated heterocycles. The van der Waals surface area contributed by atoms with E-state index in [0.717, 1.165) is 27.7 Å². The zero-order valence-corrected chi connectivity index (χ0v) is 20.7. The van der Waals surface area contributed by atoms with E-state index in [-0.39, 0.29) is 30.3 Å². The van der Waals surface area contributed by atoms with Crippen molar-refractivity contribution in [2.45, 2.75) is 32.7 Å². The van der Waals surface area contributed by atoms with Crippen molar-refractivity contribution < 1.29 is 9.59 Å². The van der Waals surface area contributed by atoms with Gasteiger partial charge in [0.1, 0.15) is 12.0 Å². The minimum atomic E-state index is -0.622. The fourth-order valence-electron chi connectivity index (χ4n) is 5.16. The standard InChI is InChI=1S/C28H29N7O2/c1-17-10-12-21(13-11-17)34-26-23(16-29-34)27(37)32-28(31-26)35-24(14-18(2)33-35)30-25(36)15-20-8-5-7-19-6-3-4-9-22(19)20/h3-14,23,26,28-29,31H,15-16H2,1-2H3,(H,30,36)(H,32,37). The third kappa shape index (κ3) is 4.43. The third-order valence-electron chi connectivity index (χ3n) is 7.00. The highest BCUT2D eigenvalue weighted by Gasteiger charge is 2.45. The van der Waals surface area contributed by atoms with Crippen LogP contribution in [0.2, 0.25) is 0 Å². The van der Waals surface area contributed by atoms with Gasteiger partial charge in [-0.3, -0.25) is 19.9 Å². The van der Waals surface area contributed by atoms with E-state index in [9.17, 15) is 9.59 Å². The molecule has 2 aliphatic heterocycles. The molecule has 2 fully saturated rings. The summed E-state index contributed by atoms with van der Waals surface area (Å²) in [5.41, 5.74) is 7.17. The number of aromatic nitrogens is 2. The minimum absolute atomic E-state index is 0.0722. The predicted octanol–water partition coefficient (Wildman–Crippen LogP) is 2.98. The Morgan fingerprint density at radius 3 is 2.68 bits per heavy atom. The van der Waals surface area contributed by atoms with Crippen molar-refractivity contribution in [2.24, 2.45) is 5.92 Å². The molecule has 0 bridgehead atoms. The number of hydrogen-bond donors (Lipinski definition) is 4. The van der Waals surface area contributed by atoms with Gasteiger partial charge in [-0.05, 0) is 42.3 Å². The normalized spacial score (nSPS) is 21.1. The zero-order chi connectivity index (χ0) is 25.5. The quantitative estimate of drug-likeness (QED) is 0.340. The summed E-state index contributed by atoms with van der Waals surface area (Å²) in [5.74, 6) is 0.0313. The van der Waals surface area contributed by atoms with Crippen molar-refractivity contribution >= 4 is 34.1 Å². The van der Waals surface area contributed by atoms with Gasteiger partial charge in [0.2, 0.25) is 11.8 Å². The first-order valence-electron chi connectivity index (χ1n) is 12.4. The Kier molecular flexibility index (Phi) is 5.86. The molecule has 0 radical (unpaired) electrons. The van der Waals surface area contributed by atoms with Crippen molar-refractivity contribution in [3.05, 3.63) is 89.6 Å². The van der Waals surface area contributed by atoms with Crippen molar-refractivity contribution in [2.75, 3.05) is 16.9 Å². The maximum Gasteiger partial charge on any atom is 0.230 e.